The highest BCUT2D eigenvalue weighted by Gasteiger charge is 2.26. The third-order valence-corrected chi connectivity index (χ3v) is 3.60. The molecule has 0 aromatic carbocycles. The number of amides is 4. The second-order valence-corrected chi connectivity index (χ2v) is 5.77. The molecule has 0 unspecified atom stereocenters. The van der Waals surface area contributed by atoms with Crippen LogP contribution in [0.1, 0.15) is 33.6 Å². The van der Waals surface area contributed by atoms with Crippen LogP contribution in [0.2, 0.25) is 0 Å². The van der Waals surface area contributed by atoms with Gasteiger partial charge in [0, 0.05) is 6.54 Å². The molecule has 4 amide bonds. The molecule has 0 aliphatic rings. The average Bonchev–Trinajstić information content (AvgIpc) is 2.46. The number of hydrogen-bond donors (Lipinski definition) is 5. The Morgan fingerprint density at radius 3 is 2.27 bits per heavy atom. The normalized spacial score (nSPS) is 13.3. The van der Waals surface area contributed by atoms with Gasteiger partial charge in [0.1, 0.15) is 6.04 Å². The van der Waals surface area contributed by atoms with Crippen LogP contribution in [0.15, 0.2) is 0 Å². The Hall–Kier alpha value is -1.10. The highest BCUT2D eigenvalue weighted by atomic mass is 127. The van der Waals surface area contributed by atoms with Gasteiger partial charge in [-0.15, -0.1) is 0 Å². The monoisotopic (exact) mass is 427 g/mol. The van der Waals surface area contributed by atoms with Crippen LogP contribution in [0.4, 0.5) is 4.79 Å². The summed E-state index contributed by atoms with van der Waals surface area (Å²) in [5, 5.41) is 8.32. The number of primary amides is 1. The fourth-order valence-electron chi connectivity index (χ4n) is 1.97. The van der Waals surface area contributed by atoms with Crippen LogP contribution < -0.4 is 25.2 Å². The minimum absolute atomic E-state index is 0.111. The van der Waals surface area contributed by atoms with Crippen LogP contribution in [0.25, 0.3) is 0 Å². The van der Waals surface area contributed by atoms with Crippen LogP contribution >= 0.6 is 22.9 Å². The fourth-order valence-corrected chi connectivity index (χ4v) is 2.34. The molecule has 8 nitrogen and oxygen atoms in total. The smallest absolute Gasteiger partial charge is 0.312 e. The van der Waals surface area contributed by atoms with E-state index in [0.29, 0.717) is 25.9 Å². The number of halogens is 1. The molecule has 0 aliphatic carbocycles. The number of nitrogens with two attached hydrogens (primary N) is 1. The maximum atomic E-state index is 12.3. The van der Waals surface area contributed by atoms with Gasteiger partial charge in [-0.05, 0) is 25.3 Å². The van der Waals surface area contributed by atoms with Gasteiger partial charge in [0.05, 0.1) is 28.9 Å². The number of hydrogen-bond acceptors (Lipinski definition) is 4. The highest BCUT2D eigenvalue weighted by molar-refractivity contribution is 14.1. The van der Waals surface area contributed by atoms with Crippen molar-refractivity contribution >= 4 is 40.7 Å². The van der Waals surface area contributed by atoms with Crippen molar-refractivity contribution in [3.8, 4) is 0 Å². The maximum Gasteiger partial charge on any atom is 0.312 e. The van der Waals surface area contributed by atoms with Gasteiger partial charge in [-0.25, -0.2) is 4.79 Å². The number of carbonyl (C=O) groups excluding carboxylic acids is 3. The Morgan fingerprint density at radius 1 is 1.18 bits per heavy atom. The van der Waals surface area contributed by atoms with Gasteiger partial charge in [-0.2, -0.15) is 0 Å². The average molecular weight is 427 g/mol. The molecule has 0 saturated heterocycles. The lowest BCUT2D eigenvalue weighted by atomic mass is 10.0. The molecule has 22 heavy (non-hydrogen) atoms. The van der Waals surface area contributed by atoms with E-state index in [2.05, 4.69) is 19.5 Å². The predicted octanol–water partition coefficient (Wildman–Crippen LogP) is 0.0200. The fraction of sp³-hybridized carbons (Fsp3) is 0.769. The molecular formula is C13H26IN5O3. The van der Waals surface area contributed by atoms with Gasteiger partial charge in [0.25, 0.3) is 5.91 Å². The molecule has 0 aromatic heterocycles. The van der Waals surface area contributed by atoms with Gasteiger partial charge in [-0.1, -0.05) is 20.8 Å². The quantitative estimate of drug-likeness (QED) is 0.192. The molecule has 0 spiro atoms. The molecular weight excluding hydrogens is 401 g/mol. The summed E-state index contributed by atoms with van der Waals surface area (Å²) < 4.78 is 2.50. The van der Waals surface area contributed by atoms with Crippen molar-refractivity contribution in [1.82, 2.24) is 19.5 Å². The van der Waals surface area contributed by atoms with Crippen molar-refractivity contribution in [2.45, 2.75) is 45.7 Å². The SMILES string of the molecule is CCN[C@H](C(=O)N[C@@H](CCCNC(N)=O)C(=O)NI)C(C)C. The molecule has 128 valence electrons. The second-order valence-electron chi connectivity index (χ2n) is 5.23. The summed E-state index contributed by atoms with van der Waals surface area (Å²) in [6.45, 7) is 6.83. The van der Waals surface area contributed by atoms with Crippen molar-refractivity contribution in [2.75, 3.05) is 13.1 Å². The maximum absolute atomic E-state index is 12.3. The molecule has 0 aromatic rings. The second kappa shape index (κ2) is 11.5. The van der Waals surface area contributed by atoms with Crippen LogP contribution in [-0.4, -0.2) is 43.0 Å². The summed E-state index contributed by atoms with van der Waals surface area (Å²) in [4.78, 5) is 34.8. The van der Waals surface area contributed by atoms with Crippen LogP contribution in [0, 0.1) is 5.92 Å². The molecule has 0 radical (unpaired) electrons. The Kier molecular flexibility index (Phi) is 10.9. The number of rotatable bonds is 10. The number of urea groups is 1. The van der Waals surface area contributed by atoms with E-state index in [1.807, 2.05) is 20.8 Å². The van der Waals surface area contributed by atoms with Crippen molar-refractivity contribution in [3.63, 3.8) is 0 Å². The minimum Gasteiger partial charge on any atom is -0.352 e. The summed E-state index contributed by atoms with van der Waals surface area (Å²) in [5.74, 6) is -0.364. The zero-order valence-electron chi connectivity index (χ0n) is 13.2. The van der Waals surface area contributed by atoms with E-state index in [0.717, 1.165) is 0 Å². The molecule has 0 rings (SSSR count). The summed E-state index contributed by atoms with van der Waals surface area (Å²) in [6, 6.07) is -1.59. The third kappa shape index (κ3) is 8.37. The minimum atomic E-state index is -0.640. The first kappa shape index (κ1) is 20.9. The van der Waals surface area contributed by atoms with E-state index in [4.69, 9.17) is 5.73 Å². The summed E-state index contributed by atoms with van der Waals surface area (Å²) in [5.41, 5.74) is 4.97. The van der Waals surface area contributed by atoms with Gasteiger partial charge in [0.2, 0.25) is 5.91 Å². The van der Waals surface area contributed by atoms with E-state index in [1.165, 1.54) is 0 Å². The zero-order valence-corrected chi connectivity index (χ0v) is 15.4. The molecule has 0 bridgehead atoms. The standard InChI is InChI=1S/C13H26IN5O3/c1-4-16-10(8(2)3)12(21)18-9(11(20)19-14)6-5-7-17-13(15)22/h8-10,16H,4-7H2,1-3H3,(H,18,21)(H,19,20)(H3,15,17,22)/t9-,10-/m0/s1. The Bertz CT molecular complexity index is 379. The molecule has 0 fully saturated rings. The van der Waals surface area contributed by atoms with E-state index in [9.17, 15) is 14.4 Å². The number of carbonyl (C=O) groups is 3. The van der Waals surface area contributed by atoms with Gasteiger partial charge >= 0.3 is 6.03 Å². The Balaban J connectivity index is 4.59. The molecule has 0 saturated carbocycles. The van der Waals surface area contributed by atoms with Gasteiger partial charge in [0.15, 0.2) is 0 Å². The molecule has 2 atom stereocenters. The van der Waals surface area contributed by atoms with Gasteiger partial charge < -0.3 is 21.7 Å². The largest absolute Gasteiger partial charge is 0.352 e. The lowest BCUT2D eigenvalue weighted by molar-refractivity contribution is -0.129. The van der Waals surface area contributed by atoms with E-state index >= 15 is 0 Å². The number of likely N-dealkylation sites (N-methyl/N-ethyl adjacent to an activating group) is 1. The first-order chi connectivity index (χ1) is 10.3. The van der Waals surface area contributed by atoms with Crippen molar-refractivity contribution in [3.05, 3.63) is 0 Å². The van der Waals surface area contributed by atoms with E-state index in [1.54, 1.807) is 22.9 Å². The summed E-state index contributed by atoms with van der Waals surface area (Å²) in [7, 11) is 0. The van der Waals surface area contributed by atoms with E-state index < -0.39 is 12.1 Å². The first-order valence-electron chi connectivity index (χ1n) is 7.31. The van der Waals surface area contributed by atoms with Crippen LogP contribution in [0.3, 0.4) is 0 Å². The van der Waals surface area contributed by atoms with Gasteiger partial charge in [-0.3, -0.25) is 13.1 Å². The molecule has 9 heteroatoms. The lowest BCUT2D eigenvalue weighted by Gasteiger charge is -2.24. The molecule has 0 heterocycles. The number of nitrogens with one attached hydrogen (secondary N) is 4. The molecule has 6 N–H and O–H groups in total. The zero-order chi connectivity index (χ0) is 17.1. The van der Waals surface area contributed by atoms with Crippen LogP contribution in [0.5, 0.6) is 0 Å². The topological polar surface area (TPSA) is 125 Å². The third-order valence-electron chi connectivity index (χ3n) is 3.07. The lowest BCUT2D eigenvalue weighted by Crippen LogP contribution is -2.53. The summed E-state index contributed by atoms with van der Waals surface area (Å²) >= 11 is 1.74. The Labute approximate surface area is 145 Å². The van der Waals surface area contributed by atoms with E-state index in [-0.39, 0.29) is 23.8 Å². The highest BCUT2D eigenvalue weighted by Crippen LogP contribution is 2.05. The predicted molar refractivity (Wildman–Crippen MR) is 93.2 cm³/mol. The van der Waals surface area contributed by atoms with Crippen molar-refractivity contribution < 1.29 is 14.4 Å². The van der Waals surface area contributed by atoms with Crippen LogP contribution in [-0.2, 0) is 9.59 Å². The summed E-state index contributed by atoms with van der Waals surface area (Å²) in [6.07, 6.45) is 0.948. The van der Waals surface area contributed by atoms with Crippen molar-refractivity contribution in [1.29, 1.82) is 0 Å². The molecule has 0 aliphatic heterocycles. The Morgan fingerprint density at radius 2 is 1.82 bits per heavy atom. The first-order valence-corrected chi connectivity index (χ1v) is 8.38. The van der Waals surface area contributed by atoms with Crippen molar-refractivity contribution in [2.24, 2.45) is 11.7 Å².